The van der Waals surface area contributed by atoms with E-state index in [2.05, 4.69) is 38.4 Å². The second kappa shape index (κ2) is 8.57. The van der Waals surface area contributed by atoms with Crippen molar-refractivity contribution < 1.29 is 18.0 Å². The Kier molecular flexibility index (Phi) is 6.11. The molecule has 0 aliphatic rings. The summed E-state index contributed by atoms with van der Waals surface area (Å²) < 4.78 is 38.4. The number of imidazole rings is 1. The van der Waals surface area contributed by atoms with E-state index in [-0.39, 0.29) is 29.0 Å². The van der Waals surface area contributed by atoms with Gasteiger partial charge in [0.2, 0.25) is 0 Å². The number of rotatable bonds is 7. The van der Waals surface area contributed by atoms with E-state index < -0.39 is 17.6 Å². The van der Waals surface area contributed by atoms with Crippen LogP contribution < -0.4 is 10.9 Å². The van der Waals surface area contributed by atoms with Crippen LogP contribution in [0.3, 0.4) is 0 Å². The van der Waals surface area contributed by atoms with Crippen LogP contribution in [0.4, 0.5) is 13.2 Å². The monoisotopic (exact) mass is 435 g/mol. The first-order valence-electron chi connectivity index (χ1n) is 8.60. The third kappa shape index (κ3) is 4.62. The Bertz CT molecular complexity index is 1180. The first-order chi connectivity index (χ1) is 14.2. The minimum atomic E-state index is -4.48. The summed E-state index contributed by atoms with van der Waals surface area (Å²) in [5.74, 6) is -0.266. The molecule has 0 fully saturated rings. The number of alkyl halides is 3. The molecule has 7 nitrogen and oxygen atoms in total. The number of H-pyrrole nitrogens is 2. The van der Waals surface area contributed by atoms with Crippen molar-refractivity contribution in [1.82, 2.24) is 25.3 Å². The summed E-state index contributed by atoms with van der Waals surface area (Å²) in [5.41, 5.74) is -0.0808. The molecule has 156 valence electrons. The highest BCUT2D eigenvalue weighted by Crippen LogP contribution is 2.30. The summed E-state index contributed by atoms with van der Waals surface area (Å²) in [4.78, 5) is 37.6. The summed E-state index contributed by atoms with van der Waals surface area (Å²) in [5, 5.41) is 2.97. The molecule has 0 aliphatic heterocycles. The van der Waals surface area contributed by atoms with E-state index in [4.69, 9.17) is 0 Å². The Labute approximate surface area is 172 Å². The molecule has 0 unspecified atom stereocenters. The van der Waals surface area contributed by atoms with E-state index in [0.29, 0.717) is 22.2 Å². The van der Waals surface area contributed by atoms with Crippen LogP contribution in [0.25, 0.3) is 23.2 Å². The van der Waals surface area contributed by atoms with Gasteiger partial charge in [-0.3, -0.25) is 9.59 Å². The third-order valence-corrected chi connectivity index (χ3v) is 4.89. The van der Waals surface area contributed by atoms with Crippen molar-refractivity contribution in [3.8, 4) is 0 Å². The maximum Gasteiger partial charge on any atom is 0.416 e. The standard InChI is InChI=1S/C19H16F3N5O2S/c1-3-11-12(4-2)26-18(27-16(11)28)30-8-7-23-17(29)15-24-13-6-5-10(19(20,21)22)9-14(13)25-15/h3-6,9H,1-2,7-8H2,(H,23,29)(H,24,25)(H,26,27,28). The average molecular weight is 435 g/mol. The summed E-state index contributed by atoms with van der Waals surface area (Å²) in [6.45, 7) is 7.38. The molecule has 0 saturated heterocycles. The first kappa shape index (κ1) is 21.4. The fourth-order valence-electron chi connectivity index (χ4n) is 2.59. The van der Waals surface area contributed by atoms with Crippen molar-refractivity contribution in [3.63, 3.8) is 0 Å². The zero-order valence-electron chi connectivity index (χ0n) is 15.5. The maximum absolute atomic E-state index is 12.8. The van der Waals surface area contributed by atoms with E-state index in [1.165, 1.54) is 30.0 Å². The van der Waals surface area contributed by atoms with Crippen LogP contribution >= 0.6 is 11.8 Å². The van der Waals surface area contributed by atoms with Gasteiger partial charge in [0.1, 0.15) is 0 Å². The molecule has 1 amide bonds. The predicted octanol–water partition coefficient (Wildman–Crippen LogP) is 3.47. The topological polar surface area (TPSA) is 104 Å². The minimum absolute atomic E-state index is 0.0925. The normalized spacial score (nSPS) is 11.4. The molecule has 3 N–H and O–H groups in total. The van der Waals surface area contributed by atoms with Crippen LogP contribution in [0.5, 0.6) is 0 Å². The summed E-state index contributed by atoms with van der Waals surface area (Å²) in [6, 6.07) is 3.01. The molecule has 3 aromatic rings. The molecule has 0 aliphatic carbocycles. The number of aromatic amines is 2. The lowest BCUT2D eigenvalue weighted by Crippen LogP contribution is -2.26. The largest absolute Gasteiger partial charge is 0.416 e. The summed E-state index contributed by atoms with van der Waals surface area (Å²) in [6.07, 6.45) is -1.64. The third-order valence-electron chi connectivity index (χ3n) is 4.01. The van der Waals surface area contributed by atoms with Gasteiger partial charge in [0.15, 0.2) is 11.0 Å². The van der Waals surface area contributed by atoms with Gasteiger partial charge in [0.05, 0.1) is 27.9 Å². The Morgan fingerprint density at radius 3 is 2.63 bits per heavy atom. The van der Waals surface area contributed by atoms with E-state index in [9.17, 15) is 22.8 Å². The molecule has 0 atom stereocenters. The van der Waals surface area contributed by atoms with Crippen LogP contribution in [-0.4, -0.2) is 38.1 Å². The molecule has 2 aromatic heterocycles. The van der Waals surface area contributed by atoms with Crippen LogP contribution in [0.15, 0.2) is 41.3 Å². The molecule has 30 heavy (non-hydrogen) atoms. The van der Waals surface area contributed by atoms with Gasteiger partial charge in [-0.2, -0.15) is 13.2 Å². The predicted molar refractivity (Wildman–Crippen MR) is 109 cm³/mol. The van der Waals surface area contributed by atoms with Crippen LogP contribution in [0, 0.1) is 0 Å². The van der Waals surface area contributed by atoms with Crippen molar-refractivity contribution in [3.05, 3.63) is 64.4 Å². The van der Waals surface area contributed by atoms with Gasteiger partial charge in [0, 0.05) is 12.3 Å². The quantitative estimate of drug-likeness (QED) is 0.300. The van der Waals surface area contributed by atoms with Gasteiger partial charge in [-0.15, -0.1) is 0 Å². The van der Waals surface area contributed by atoms with E-state index in [1.807, 2.05) is 0 Å². The lowest BCUT2D eigenvalue weighted by atomic mass is 10.2. The number of hydrogen-bond donors (Lipinski definition) is 3. The number of carbonyl (C=O) groups excluding carboxylic acids is 1. The number of benzene rings is 1. The number of hydrogen-bond acceptors (Lipinski definition) is 5. The van der Waals surface area contributed by atoms with Crippen molar-refractivity contribution in [1.29, 1.82) is 0 Å². The Morgan fingerprint density at radius 2 is 1.97 bits per heavy atom. The molecule has 0 radical (unpaired) electrons. The van der Waals surface area contributed by atoms with Crippen molar-refractivity contribution in [2.75, 3.05) is 12.3 Å². The van der Waals surface area contributed by atoms with Crippen molar-refractivity contribution in [2.45, 2.75) is 11.3 Å². The van der Waals surface area contributed by atoms with Crippen LogP contribution in [0.2, 0.25) is 0 Å². The Hall–Kier alpha value is -3.34. The fourth-order valence-corrected chi connectivity index (χ4v) is 3.31. The average Bonchev–Trinajstić information content (AvgIpc) is 3.13. The van der Waals surface area contributed by atoms with Gasteiger partial charge in [-0.25, -0.2) is 9.97 Å². The first-order valence-corrected chi connectivity index (χ1v) is 9.58. The highest BCUT2D eigenvalue weighted by atomic mass is 32.2. The number of nitrogens with zero attached hydrogens (tertiary/aromatic N) is 2. The number of carbonyl (C=O) groups is 1. The summed E-state index contributed by atoms with van der Waals surface area (Å²) >= 11 is 1.21. The molecule has 1 aromatic carbocycles. The fraction of sp³-hybridized carbons (Fsp3) is 0.158. The molecule has 2 heterocycles. The lowest BCUT2D eigenvalue weighted by molar-refractivity contribution is -0.137. The molecule has 3 rings (SSSR count). The number of nitrogens with one attached hydrogen (secondary N) is 3. The van der Waals surface area contributed by atoms with E-state index >= 15 is 0 Å². The Morgan fingerprint density at radius 1 is 1.20 bits per heavy atom. The van der Waals surface area contributed by atoms with Crippen LogP contribution in [0.1, 0.15) is 27.4 Å². The van der Waals surface area contributed by atoms with Gasteiger partial charge < -0.3 is 15.3 Å². The zero-order chi connectivity index (χ0) is 21.9. The van der Waals surface area contributed by atoms with Crippen LogP contribution in [-0.2, 0) is 6.18 Å². The smallest absolute Gasteiger partial charge is 0.349 e. The van der Waals surface area contributed by atoms with E-state index in [0.717, 1.165) is 12.1 Å². The van der Waals surface area contributed by atoms with E-state index in [1.54, 1.807) is 0 Å². The molecule has 0 saturated carbocycles. The van der Waals surface area contributed by atoms with Gasteiger partial charge in [-0.1, -0.05) is 31.0 Å². The molecule has 11 heteroatoms. The van der Waals surface area contributed by atoms with Crippen molar-refractivity contribution in [2.24, 2.45) is 0 Å². The molecule has 0 spiro atoms. The highest BCUT2D eigenvalue weighted by molar-refractivity contribution is 7.99. The maximum atomic E-state index is 12.8. The second-order valence-electron chi connectivity index (χ2n) is 6.00. The number of fused-ring (bicyclic) bond motifs is 1. The molecular formula is C19H16F3N5O2S. The number of halogens is 3. The molecule has 0 bridgehead atoms. The van der Waals surface area contributed by atoms with Gasteiger partial charge in [0.25, 0.3) is 11.5 Å². The summed E-state index contributed by atoms with van der Waals surface area (Å²) in [7, 11) is 0. The Balaban J connectivity index is 1.61. The van der Waals surface area contributed by atoms with Crippen molar-refractivity contribution >= 4 is 40.9 Å². The lowest BCUT2D eigenvalue weighted by Gasteiger charge is -2.05. The number of thioether (sulfide) groups is 1. The SMILES string of the molecule is C=Cc1nc(SCCNC(=O)c2nc3ccc(C(F)(F)F)cc3[nH]2)[nH]c(=O)c1C=C. The second-order valence-corrected chi connectivity index (χ2v) is 7.08. The number of amides is 1. The zero-order valence-corrected chi connectivity index (χ0v) is 16.3. The van der Waals surface area contributed by atoms with Gasteiger partial charge >= 0.3 is 6.18 Å². The highest BCUT2D eigenvalue weighted by Gasteiger charge is 2.30. The number of aromatic nitrogens is 4. The molecular weight excluding hydrogens is 419 g/mol. The minimum Gasteiger partial charge on any atom is -0.349 e. The van der Waals surface area contributed by atoms with Gasteiger partial charge in [-0.05, 0) is 24.3 Å².